The van der Waals surface area contributed by atoms with Crippen LogP contribution in [0.2, 0.25) is 0 Å². The van der Waals surface area contributed by atoms with E-state index >= 15 is 0 Å². The summed E-state index contributed by atoms with van der Waals surface area (Å²) in [5, 5.41) is 0. The van der Waals surface area contributed by atoms with Crippen molar-refractivity contribution in [2.75, 3.05) is 0 Å². The average Bonchev–Trinajstić information content (AvgIpc) is 2.06. The number of rotatable bonds is 1. The third-order valence-electron chi connectivity index (χ3n) is 0.835. The molecule has 0 fully saturated rings. The SMILES string of the molecule is CC(C)[P+]1=C=C1. The Bertz CT molecular complexity index is 116. The van der Waals surface area contributed by atoms with Gasteiger partial charge in [0.1, 0.15) is 11.1 Å². The molecular formula is C5H8P+. The van der Waals surface area contributed by atoms with Gasteiger partial charge in [-0.05, 0) is 13.8 Å². The molecule has 0 amide bonds. The van der Waals surface area contributed by atoms with Crippen LogP contribution >= 0.6 is 7.55 Å². The van der Waals surface area contributed by atoms with Crippen molar-refractivity contribution in [2.45, 2.75) is 19.5 Å². The molecule has 0 aliphatic carbocycles. The van der Waals surface area contributed by atoms with Gasteiger partial charge in [-0.25, -0.2) is 0 Å². The molecule has 1 heteroatoms. The maximum atomic E-state index is 3.17. The van der Waals surface area contributed by atoms with E-state index in [1.165, 1.54) is 0 Å². The minimum Gasteiger partial charge on any atom is -0.0205 e. The molecular weight excluding hydrogens is 91.0 g/mol. The van der Waals surface area contributed by atoms with Crippen LogP contribution in [0, 0.1) is 0 Å². The minimum atomic E-state index is 0.216. The smallest absolute Gasteiger partial charge is 0.0205 e. The van der Waals surface area contributed by atoms with Crippen molar-refractivity contribution in [3.63, 3.8) is 0 Å². The summed E-state index contributed by atoms with van der Waals surface area (Å²) in [6, 6.07) is 0. The number of hydrogen-bond donors (Lipinski definition) is 0. The van der Waals surface area contributed by atoms with E-state index in [2.05, 4.69) is 25.1 Å². The lowest BCUT2D eigenvalue weighted by molar-refractivity contribution is 1.11. The Hall–Kier alpha value is -0.0500. The van der Waals surface area contributed by atoms with E-state index < -0.39 is 0 Å². The molecule has 0 aromatic rings. The van der Waals surface area contributed by atoms with Crippen LogP contribution in [-0.4, -0.2) is 11.1 Å². The van der Waals surface area contributed by atoms with E-state index in [1.54, 1.807) is 0 Å². The van der Waals surface area contributed by atoms with E-state index in [0.29, 0.717) is 0 Å². The molecule has 32 valence electrons. The Morgan fingerprint density at radius 3 is 2.17 bits per heavy atom. The topological polar surface area (TPSA) is 0 Å². The highest BCUT2D eigenvalue weighted by Crippen LogP contribution is 2.36. The zero-order valence-corrected chi connectivity index (χ0v) is 5.00. The molecule has 1 aliphatic heterocycles. The van der Waals surface area contributed by atoms with Crippen LogP contribution in [0.3, 0.4) is 0 Å². The summed E-state index contributed by atoms with van der Waals surface area (Å²) in [4.78, 5) is 0. The normalized spacial score (nSPS) is 21.5. The van der Waals surface area contributed by atoms with Crippen molar-refractivity contribution < 1.29 is 0 Å². The Morgan fingerprint density at radius 1 is 1.67 bits per heavy atom. The standard InChI is InChI=1S/C5H8P/c1-5(2)6-3-4-6/h3,5H,1-2H3/q+1. The molecule has 1 aliphatic rings. The van der Waals surface area contributed by atoms with E-state index in [9.17, 15) is 0 Å². The third-order valence-corrected chi connectivity index (χ3v) is 2.50. The van der Waals surface area contributed by atoms with Crippen LogP contribution in [0.1, 0.15) is 13.8 Å². The summed E-state index contributed by atoms with van der Waals surface area (Å²) in [5.74, 6) is 2.18. The second-order valence-electron chi connectivity index (χ2n) is 1.76. The molecule has 0 nitrogen and oxygen atoms in total. The fraction of sp³-hybridized carbons (Fsp3) is 0.600. The third kappa shape index (κ3) is 0.712. The summed E-state index contributed by atoms with van der Waals surface area (Å²) in [5.41, 5.74) is 4.03. The first-order chi connectivity index (χ1) is 2.80. The van der Waals surface area contributed by atoms with Gasteiger partial charge in [0, 0.05) is 0 Å². The Balaban J connectivity index is 2.35. The van der Waals surface area contributed by atoms with Gasteiger partial charge in [-0.1, -0.05) is 0 Å². The van der Waals surface area contributed by atoms with Crippen LogP contribution in [0.4, 0.5) is 0 Å². The van der Waals surface area contributed by atoms with Gasteiger partial charge in [-0.15, -0.1) is 0 Å². The van der Waals surface area contributed by atoms with Gasteiger partial charge in [-0.3, -0.25) is 0 Å². The molecule has 0 bridgehead atoms. The molecule has 0 saturated carbocycles. The van der Waals surface area contributed by atoms with Gasteiger partial charge in [0.2, 0.25) is 5.82 Å². The van der Waals surface area contributed by atoms with Crippen LogP contribution < -0.4 is 0 Å². The zero-order chi connectivity index (χ0) is 4.57. The molecule has 1 heterocycles. The lowest BCUT2D eigenvalue weighted by Crippen LogP contribution is -1.76. The van der Waals surface area contributed by atoms with Gasteiger partial charge >= 0.3 is 0 Å². The van der Waals surface area contributed by atoms with Crippen LogP contribution in [-0.2, 0) is 0 Å². The largest absolute Gasteiger partial charge is 0.207 e. The van der Waals surface area contributed by atoms with Crippen LogP contribution in [0.5, 0.6) is 0 Å². The fourth-order valence-electron chi connectivity index (χ4n) is 0.331. The Kier molecular flexibility index (Phi) is 0.839. The first-order valence-electron chi connectivity index (χ1n) is 2.18. The lowest BCUT2D eigenvalue weighted by atomic mass is 10.6. The van der Waals surface area contributed by atoms with Gasteiger partial charge in [0.25, 0.3) is 0 Å². The van der Waals surface area contributed by atoms with Gasteiger partial charge in [0.15, 0.2) is 7.55 Å². The number of hydrogen-bond acceptors (Lipinski definition) is 0. The second-order valence-corrected chi connectivity index (χ2v) is 4.12. The van der Waals surface area contributed by atoms with E-state index in [1.807, 2.05) is 0 Å². The highest BCUT2D eigenvalue weighted by atomic mass is 31.1. The monoisotopic (exact) mass is 99.0 g/mol. The van der Waals surface area contributed by atoms with Gasteiger partial charge < -0.3 is 0 Å². The first kappa shape index (κ1) is 4.12. The van der Waals surface area contributed by atoms with Crippen molar-refractivity contribution in [3.8, 4) is 0 Å². The van der Waals surface area contributed by atoms with Crippen molar-refractivity contribution in [2.24, 2.45) is 0 Å². The maximum absolute atomic E-state index is 3.17. The van der Waals surface area contributed by atoms with Crippen molar-refractivity contribution in [3.05, 3.63) is 5.82 Å². The average molecular weight is 99.1 g/mol. The Labute approximate surface area is 39.3 Å². The van der Waals surface area contributed by atoms with Crippen molar-refractivity contribution in [1.29, 1.82) is 0 Å². The summed E-state index contributed by atoms with van der Waals surface area (Å²) >= 11 is 0. The van der Waals surface area contributed by atoms with Crippen molar-refractivity contribution >= 4 is 13.0 Å². The first-order valence-corrected chi connectivity index (χ1v) is 3.66. The molecule has 0 saturated heterocycles. The van der Waals surface area contributed by atoms with E-state index in [4.69, 9.17) is 0 Å². The summed E-state index contributed by atoms with van der Waals surface area (Å²) in [6.07, 6.45) is 0. The van der Waals surface area contributed by atoms with Crippen LogP contribution in [0.15, 0.2) is 5.82 Å². The fourth-order valence-corrected chi connectivity index (χ4v) is 1.19. The molecule has 1 rings (SSSR count). The molecule has 0 radical (unpaired) electrons. The lowest BCUT2D eigenvalue weighted by Gasteiger charge is -1.76. The predicted molar refractivity (Wildman–Crippen MR) is 31.6 cm³/mol. The van der Waals surface area contributed by atoms with Crippen LogP contribution in [0.25, 0.3) is 0 Å². The predicted octanol–water partition coefficient (Wildman–Crippen LogP) is 1.81. The molecule has 6 heavy (non-hydrogen) atoms. The summed E-state index contributed by atoms with van der Waals surface area (Å²) < 4.78 is 0. The molecule has 0 spiro atoms. The summed E-state index contributed by atoms with van der Waals surface area (Å²) in [7, 11) is 0.216. The second kappa shape index (κ2) is 1.22. The minimum absolute atomic E-state index is 0.216. The van der Waals surface area contributed by atoms with E-state index in [-0.39, 0.29) is 7.55 Å². The molecule has 1 atom stereocenters. The quantitative estimate of drug-likeness (QED) is 0.440. The molecule has 0 aromatic carbocycles. The summed E-state index contributed by atoms with van der Waals surface area (Å²) in [6.45, 7) is 4.48. The molecule has 0 aromatic heterocycles. The van der Waals surface area contributed by atoms with Crippen molar-refractivity contribution in [1.82, 2.24) is 0 Å². The van der Waals surface area contributed by atoms with Gasteiger partial charge in [-0.2, -0.15) is 0 Å². The molecule has 0 N–H and O–H groups in total. The highest BCUT2D eigenvalue weighted by Gasteiger charge is 2.19. The highest BCUT2D eigenvalue weighted by molar-refractivity contribution is 7.68. The zero-order valence-electron chi connectivity index (χ0n) is 4.10. The maximum Gasteiger partial charge on any atom is 0.207 e. The van der Waals surface area contributed by atoms with Gasteiger partial charge in [0.05, 0.1) is 0 Å². The Morgan fingerprint density at radius 2 is 2.17 bits per heavy atom. The van der Waals surface area contributed by atoms with E-state index in [0.717, 1.165) is 5.66 Å². The molecule has 1 unspecified atom stereocenters.